The lowest BCUT2D eigenvalue weighted by atomic mass is 10.2. The molecule has 1 fully saturated rings. The standard InChI is InChI=1S/C21H22N6O2S2/c1-13-16-10-17(31-20(16)27(25-13)14-6-3-2-4-7-14)19-23-24-21(30-12-18(22)28)26(19)11-15-8-5-9-29-15/h2-4,6-7,10,15H,5,8-9,11-12H2,1H3,(H2,22,28)/t15-/m0/s1. The van der Waals surface area contributed by atoms with Crippen LogP contribution in [0.3, 0.4) is 0 Å². The van der Waals surface area contributed by atoms with E-state index in [0.29, 0.717) is 11.7 Å². The SMILES string of the molecule is Cc1nn(-c2ccccc2)c2sc(-c3nnc(SCC(N)=O)n3C[C@@H]3CCCO3)cc12. The van der Waals surface area contributed by atoms with Gasteiger partial charge in [-0.25, -0.2) is 4.68 Å². The molecule has 0 saturated carbocycles. The zero-order chi connectivity index (χ0) is 21.4. The highest BCUT2D eigenvalue weighted by molar-refractivity contribution is 7.99. The summed E-state index contributed by atoms with van der Waals surface area (Å²) in [6, 6.07) is 12.2. The molecule has 1 aromatic carbocycles. The second kappa shape index (κ2) is 8.45. The van der Waals surface area contributed by atoms with Crippen LogP contribution in [0.1, 0.15) is 18.5 Å². The Morgan fingerprint density at radius 2 is 2.16 bits per heavy atom. The van der Waals surface area contributed by atoms with Crippen molar-refractivity contribution >= 4 is 39.2 Å². The van der Waals surface area contributed by atoms with E-state index in [4.69, 9.17) is 15.6 Å². The van der Waals surface area contributed by atoms with Gasteiger partial charge in [0.05, 0.1) is 34.7 Å². The third kappa shape index (κ3) is 3.98. The number of fused-ring (bicyclic) bond motifs is 1. The van der Waals surface area contributed by atoms with Gasteiger partial charge in [0.25, 0.3) is 0 Å². The molecule has 3 aromatic heterocycles. The van der Waals surface area contributed by atoms with Gasteiger partial charge >= 0.3 is 0 Å². The van der Waals surface area contributed by atoms with Crippen LogP contribution in [-0.4, -0.2) is 48.9 Å². The fourth-order valence-electron chi connectivity index (χ4n) is 3.77. The normalized spacial score (nSPS) is 16.4. The zero-order valence-corrected chi connectivity index (χ0v) is 18.7. The van der Waals surface area contributed by atoms with E-state index in [1.807, 2.05) is 41.9 Å². The van der Waals surface area contributed by atoms with Crippen molar-refractivity contribution in [3.05, 3.63) is 42.1 Å². The first-order valence-electron chi connectivity index (χ1n) is 10.1. The van der Waals surface area contributed by atoms with Crippen LogP contribution in [0.4, 0.5) is 0 Å². The molecule has 5 rings (SSSR count). The minimum atomic E-state index is -0.376. The molecule has 2 N–H and O–H groups in total. The number of hydrogen-bond acceptors (Lipinski definition) is 7. The van der Waals surface area contributed by atoms with Gasteiger partial charge in [0.2, 0.25) is 5.91 Å². The first-order chi connectivity index (χ1) is 15.1. The Bertz CT molecular complexity index is 1220. The zero-order valence-electron chi connectivity index (χ0n) is 17.0. The number of nitrogens with two attached hydrogens (primary N) is 1. The van der Waals surface area contributed by atoms with Gasteiger partial charge in [0.1, 0.15) is 4.83 Å². The third-order valence-electron chi connectivity index (χ3n) is 5.24. The van der Waals surface area contributed by atoms with Gasteiger partial charge in [-0.2, -0.15) is 5.10 Å². The molecule has 31 heavy (non-hydrogen) atoms. The van der Waals surface area contributed by atoms with Crippen LogP contribution in [-0.2, 0) is 16.1 Å². The van der Waals surface area contributed by atoms with E-state index in [0.717, 1.165) is 51.7 Å². The first-order valence-corrected chi connectivity index (χ1v) is 11.9. The minimum absolute atomic E-state index is 0.124. The van der Waals surface area contributed by atoms with Gasteiger partial charge in [0.15, 0.2) is 11.0 Å². The molecule has 1 aliphatic heterocycles. The number of aromatic nitrogens is 5. The Hall–Kier alpha value is -2.69. The number of para-hydroxylation sites is 1. The van der Waals surface area contributed by atoms with Crippen molar-refractivity contribution in [1.82, 2.24) is 24.5 Å². The Kier molecular flexibility index (Phi) is 5.51. The van der Waals surface area contributed by atoms with E-state index in [1.54, 1.807) is 11.3 Å². The highest BCUT2D eigenvalue weighted by Gasteiger charge is 2.24. The summed E-state index contributed by atoms with van der Waals surface area (Å²) in [5, 5.41) is 15.3. The molecule has 1 saturated heterocycles. The minimum Gasteiger partial charge on any atom is -0.376 e. The van der Waals surface area contributed by atoms with Crippen molar-refractivity contribution in [2.75, 3.05) is 12.4 Å². The summed E-state index contributed by atoms with van der Waals surface area (Å²) in [6.07, 6.45) is 2.19. The van der Waals surface area contributed by atoms with Crippen molar-refractivity contribution < 1.29 is 9.53 Å². The van der Waals surface area contributed by atoms with Crippen molar-refractivity contribution in [3.8, 4) is 16.4 Å². The molecule has 1 aliphatic rings. The summed E-state index contributed by atoms with van der Waals surface area (Å²) in [4.78, 5) is 13.4. The van der Waals surface area contributed by atoms with Gasteiger partial charge < -0.3 is 10.5 Å². The molecule has 0 radical (unpaired) electrons. The number of benzene rings is 1. The molecule has 4 aromatic rings. The molecule has 0 bridgehead atoms. The molecule has 1 atom stereocenters. The van der Waals surface area contributed by atoms with Gasteiger partial charge in [-0.05, 0) is 38.0 Å². The molecular weight excluding hydrogens is 432 g/mol. The van der Waals surface area contributed by atoms with Crippen LogP contribution < -0.4 is 5.73 Å². The lowest BCUT2D eigenvalue weighted by Gasteiger charge is -2.13. The van der Waals surface area contributed by atoms with E-state index in [9.17, 15) is 4.79 Å². The summed E-state index contributed by atoms with van der Waals surface area (Å²) in [7, 11) is 0. The first kappa shape index (κ1) is 20.2. The van der Waals surface area contributed by atoms with Crippen LogP contribution in [0, 0.1) is 6.92 Å². The average molecular weight is 455 g/mol. The van der Waals surface area contributed by atoms with E-state index >= 15 is 0 Å². The molecule has 8 nitrogen and oxygen atoms in total. The Morgan fingerprint density at radius 1 is 1.32 bits per heavy atom. The number of rotatable bonds is 7. The largest absolute Gasteiger partial charge is 0.376 e. The maximum absolute atomic E-state index is 11.3. The average Bonchev–Trinajstić information content (AvgIpc) is 3.54. The monoisotopic (exact) mass is 454 g/mol. The predicted molar refractivity (Wildman–Crippen MR) is 122 cm³/mol. The van der Waals surface area contributed by atoms with E-state index in [-0.39, 0.29) is 17.8 Å². The Labute approximate surface area is 187 Å². The maximum Gasteiger partial charge on any atom is 0.227 e. The van der Waals surface area contributed by atoms with Gasteiger partial charge in [-0.15, -0.1) is 21.5 Å². The fourth-order valence-corrected chi connectivity index (χ4v) is 5.64. The Morgan fingerprint density at radius 3 is 2.90 bits per heavy atom. The summed E-state index contributed by atoms with van der Waals surface area (Å²) in [5.74, 6) is 0.569. The second-order valence-electron chi connectivity index (χ2n) is 7.47. The topological polar surface area (TPSA) is 101 Å². The van der Waals surface area contributed by atoms with Crippen molar-refractivity contribution in [3.63, 3.8) is 0 Å². The summed E-state index contributed by atoms with van der Waals surface area (Å²) in [6.45, 7) is 3.45. The van der Waals surface area contributed by atoms with Gasteiger partial charge in [-0.3, -0.25) is 9.36 Å². The number of carbonyl (C=O) groups is 1. The highest BCUT2D eigenvalue weighted by atomic mass is 32.2. The summed E-state index contributed by atoms with van der Waals surface area (Å²) in [5.41, 5.74) is 7.34. The lowest BCUT2D eigenvalue weighted by Crippen LogP contribution is -2.18. The quantitative estimate of drug-likeness (QED) is 0.430. The number of hydrogen-bond donors (Lipinski definition) is 1. The van der Waals surface area contributed by atoms with E-state index in [1.165, 1.54) is 11.8 Å². The molecular formula is C21H22N6O2S2. The number of aryl methyl sites for hydroxylation is 1. The smallest absolute Gasteiger partial charge is 0.227 e. The number of ether oxygens (including phenoxy) is 1. The molecule has 4 heterocycles. The fraction of sp³-hybridized carbons (Fsp3) is 0.333. The van der Waals surface area contributed by atoms with Crippen LogP contribution in [0.25, 0.3) is 26.6 Å². The lowest BCUT2D eigenvalue weighted by molar-refractivity contribution is -0.115. The molecule has 0 unspecified atom stereocenters. The predicted octanol–water partition coefficient (Wildman–Crippen LogP) is 3.41. The van der Waals surface area contributed by atoms with Crippen molar-refractivity contribution in [2.45, 2.75) is 37.6 Å². The summed E-state index contributed by atoms with van der Waals surface area (Å²) < 4.78 is 9.88. The number of carbonyl (C=O) groups excluding carboxylic acids is 1. The van der Waals surface area contributed by atoms with Gasteiger partial charge in [0, 0.05) is 12.0 Å². The van der Waals surface area contributed by atoms with Crippen molar-refractivity contribution in [2.24, 2.45) is 5.73 Å². The van der Waals surface area contributed by atoms with E-state index in [2.05, 4.69) is 20.8 Å². The molecule has 1 amide bonds. The van der Waals surface area contributed by atoms with Crippen LogP contribution in [0.5, 0.6) is 0 Å². The number of amides is 1. The molecule has 160 valence electrons. The highest BCUT2D eigenvalue weighted by Crippen LogP contribution is 2.37. The third-order valence-corrected chi connectivity index (χ3v) is 7.33. The molecule has 0 aliphatic carbocycles. The van der Waals surface area contributed by atoms with Gasteiger partial charge in [-0.1, -0.05) is 30.0 Å². The van der Waals surface area contributed by atoms with Crippen molar-refractivity contribution in [1.29, 1.82) is 0 Å². The molecule has 0 spiro atoms. The van der Waals surface area contributed by atoms with E-state index < -0.39 is 0 Å². The molecule has 10 heteroatoms. The second-order valence-corrected chi connectivity index (χ2v) is 9.44. The Balaban J connectivity index is 1.56. The van der Waals surface area contributed by atoms with Crippen LogP contribution >= 0.6 is 23.1 Å². The number of thioether (sulfide) groups is 1. The summed E-state index contributed by atoms with van der Waals surface area (Å²) >= 11 is 2.95. The number of thiophene rings is 1. The number of primary amides is 1. The van der Waals surface area contributed by atoms with Crippen LogP contribution in [0.15, 0.2) is 41.6 Å². The maximum atomic E-state index is 11.3. The number of nitrogens with zero attached hydrogens (tertiary/aromatic N) is 5. The van der Waals surface area contributed by atoms with Crippen LogP contribution in [0.2, 0.25) is 0 Å².